The van der Waals surface area contributed by atoms with Crippen molar-refractivity contribution in [2.45, 2.75) is 32.7 Å². The first kappa shape index (κ1) is 13.0. The highest BCUT2D eigenvalue weighted by atomic mass is 19.1. The molecule has 0 aromatic heterocycles. The van der Waals surface area contributed by atoms with Crippen molar-refractivity contribution in [2.24, 2.45) is 0 Å². The van der Waals surface area contributed by atoms with Gasteiger partial charge in [-0.2, -0.15) is 0 Å². The van der Waals surface area contributed by atoms with Crippen molar-refractivity contribution in [2.75, 3.05) is 18.0 Å². The average Bonchev–Trinajstić information content (AvgIpc) is 2.35. The molecule has 98 valence electrons. The molecule has 0 aliphatic carbocycles. The Morgan fingerprint density at radius 1 is 1.50 bits per heavy atom. The second kappa shape index (κ2) is 5.48. The molecule has 1 aromatic rings. The molecule has 0 bridgehead atoms. The molecule has 1 saturated heterocycles. The van der Waals surface area contributed by atoms with Gasteiger partial charge >= 0.3 is 0 Å². The van der Waals surface area contributed by atoms with Crippen LogP contribution >= 0.6 is 0 Å². The molecule has 0 spiro atoms. The summed E-state index contributed by atoms with van der Waals surface area (Å²) >= 11 is 0. The van der Waals surface area contributed by atoms with Gasteiger partial charge < -0.3 is 10.2 Å². The number of anilines is 1. The highest BCUT2D eigenvalue weighted by molar-refractivity contribution is 5.98. The summed E-state index contributed by atoms with van der Waals surface area (Å²) in [6, 6.07) is 4.46. The number of nitrogens with zero attached hydrogens (tertiary/aromatic N) is 1. The number of hydrogen-bond acceptors (Lipinski definition) is 2. The summed E-state index contributed by atoms with van der Waals surface area (Å²) in [4.78, 5) is 14.0. The highest BCUT2D eigenvalue weighted by Crippen LogP contribution is 2.25. The Morgan fingerprint density at radius 3 is 3.00 bits per heavy atom. The molecule has 1 fully saturated rings. The van der Waals surface area contributed by atoms with Crippen LogP contribution in [0.4, 0.5) is 10.1 Å². The third-order valence-corrected chi connectivity index (χ3v) is 3.35. The fraction of sp³-hybridized carbons (Fsp3) is 0.500. The van der Waals surface area contributed by atoms with Gasteiger partial charge in [-0.3, -0.25) is 4.79 Å². The van der Waals surface area contributed by atoms with Crippen LogP contribution in [0.1, 0.15) is 25.3 Å². The molecule has 0 saturated carbocycles. The second-order valence-corrected chi connectivity index (χ2v) is 4.67. The molecule has 2 rings (SSSR count). The zero-order valence-electron chi connectivity index (χ0n) is 10.9. The Labute approximate surface area is 107 Å². The van der Waals surface area contributed by atoms with Crippen LogP contribution in [0.5, 0.6) is 0 Å². The van der Waals surface area contributed by atoms with E-state index in [4.69, 9.17) is 0 Å². The summed E-state index contributed by atoms with van der Waals surface area (Å²) < 4.78 is 13.3. The van der Waals surface area contributed by atoms with E-state index in [2.05, 4.69) is 5.32 Å². The zero-order chi connectivity index (χ0) is 13.1. The van der Waals surface area contributed by atoms with Crippen molar-refractivity contribution in [1.29, 1.82) is 0 Å². The SMILES string of the molecule is CCNC1CCCN(c2cc(F)ccc2C)C1=O. The number of halogens is 1. The number of carbonyl (C=O) groups excluding carboxylic acids is 1. The molecule has 1 unspecified atom stereocenters. The van der Waals surface area contributed by atoms with Gasteiger partial charge in [-0.05, 0) is 44.0 Å². The predicted octanol–water partition coefficient (Wildman–Crippen LogP) is 2.24. The molecule has 1 heterocycles. The lowest BCUT2D eigenvalue weighted by atomic mass is 10.0. The maximum absolute atomic E-state index is 13.3. The van der Waals surface area contributed by atoms with Crippen molar-refractivity contribution in [3.63, 3.8) is 0 Å². The summed E-state index contributed by atoms with van der Waals surface area (Å²) in [6.07, 6.45) is 1.80. The maximum Gasteiger partial charge on any atom is 0.244 e. The van der Waals surface area contributed by atoms with E-state index in [-0.39, 0.29) is 17.8 Å². The first-order chi connectivity index (χ1) is 8.63. The molecule has 0 radical (unpaired) electrons. The van der Waals surface area contributed by atoms with E-state index in [1.165, 1.54) is 12.1 Å². The number of benzene rings is 1. The third kappa shape index (κ3) is 2.53. The van der Waals surface area contributed by atoms with E-state index in [0.29, 0.717) is 12.2 Å². The predicted molar refractivity (Wildman–Crippen MR) is 70.2 cm³/mol. The van der Waals surface area contributed by atoms with Crippen LogP contribution in [0.3, 0.4) is 0 Å². The molecule has 18 heavy (non-hydrogen) atoms. The molecule has 1 N–H and O–H groups in total. The molecule has 3 nitrogen and oxygen atoms in total. The molecular weight excluding hydrogens is 231 g/mol. The molecule has 1 aliphatic rings. The van der Waals surface area contributed by atoms with E-state index in [1.807, 2.05) is 13.8 Å². The minimum absolute atomic E-state index is 0.0526. The standard InChI is InChI=1S/C14H19FN2O/c1-3-16-12-5-4-8-17(14(12)18)13-9-11(15)7-6-10(13)2/h6-7,9,12,16H,3-5,8H2,1-2H3. The van der Waals surface area contributed by atoms with Crippen LogP contribution in [0.2, 0.25) is 0 Å². The van der Waals surface area contributed by atoms with Gasteiger partial charge in [-0.1, -0.05) is 13.0 Å². The minimum Gasteiger partial charge on any atom is -0.311 e. The Morgan fingerprint density at radius 2 is 2.28 bits per heavy atom. The van der Waals surface area contributed by atoms with E-state index >= 15 is 0 Å². The number of aryl methyl sites for hydroxylation is 1. The fourth-order valence-electron chi connectivity index (χ4n) is 2.42. The highest BCUT2D eigenvalue weighted by Gasteiger charge is 2.29. The van der Waals surface area contributed by atoms with Crippen LogP contribution in [0, 0.1) is 12.7 Å². The number of amides is 1. The Bertz CT molecular complexity index is 445. The van der Waals surface area contributed by atoms with Gasteiger partial charge in [-0.25, -0.2) is 4.39 Å². The Balaban J connectivity index is 2.26. The number of carbonyl (C=O) groups is 1. The van der Waals surface area contributed by atoms with Gasteiger partial charge in [0.1, 0.15) is 5.82 Å². The maximum atomic E-state index is 13.3. The monoisotopic (exact) mass is 250 g/mol. The summed E-state index contributed by atoms with van der Waals surface area (Å²) in [6.45, 7) is 5.33. The average molecular weight is 250 g/mol. The summed E-state index contributed by atoms with van der Waals surface area (Å²) in [5.74, 6) is -0.245. The van der Waals surface area contributed by atoms with Crippen LogP contribution in [0.25, 0.3) is 0 Å². The van der Waals surface area contributed by atoms with Gasteiger partial charge in [-0.15, -0.1) is 0 Å². The van der Waals surface area contributed by atoms with Crippen molar-refractivity contribution in [3.05, 3.63) is 29.6 Å². The van der Waals surface area contributed by atoms with E-state index in [9.17, 15) is 9.18 Å². The Hall–Kier alpha value is -1.42. The molecule has 1 atom stereocenters. The zero-order valence-corrected chi connectivity index (χ0v) is 10.9. The molecule has 1 aromatic carbocycles. The van der Waals surface area contributed by atoms with Crippen LogP contribution < -0.4 is 10.2 Å². The van der Waals surface area contributed by atoms with Crippen molar-refractivity contribution >= 4 is 11.6 Å². The van der Waals surface area contributed by atoms with Gasteiger partial charge in [0.2, 0.25) is 5.91 Å². The number of likely N-dealkylation sites (N-methyl/N-ethyl adjacent to an activating group) is 1. The number of piperidine rings is 1. The first-order valence-corrected chi connectivity index (χ1v) is 6.44. The summed E-state index contributed by atoms with van der Waals surface area (Å²) in [7, 11) is 0. The number of hydrogen-bond donors (Lipinski definition) is 1. The van der Waals surface area contributed by atoms with Gasteiger partial charge in [0.25, 0.3) is 0 Å². The normalized spacial score (nSPS) is 20.3. The second-order valence-electron chi connectivity index (χ2n) is 4.67. The van der Waals surface area contributed by atoms with Crippen molar-refractivity contribution in [1.82, 2.24) is 5.32 Å². The fourth-order valence-corrected chi connectivity index (χ4v) is 2.42. The van der Waals surface area contributed by atoms with Gasteiger partial charge in [0, 0.05) is 12.2 Å². The largest absolute Gasteiger partial charge is 0.311 e. The lowest BCUT2D eigenvalue weighted by Crippen LogP contribution is -2.51. The van der Waals surface area contributed by atoms with Crippen LogP contribution in [0.15, 0.2) is 18.2 Å². The van der Waals surface area contributed by atoms with Gasteiger partial charge in [0.05, 0.1) is 6.04 Å². The van der Waals surface area contributed by atoms with Crippen molar-refractivity contribution < 1.29 is 9.18 Å². The lowest BCUT2D eigenvalue weighted by Gasteiger charge is -2.33. The quantitative estimate of drug-likeness (QED) is 0.892. The van der Waals surface area contributed by atoms with Crippen LogP contribution in [-0.4, -0.2) is 25.0 Å². The smallest absolute Gasteiger partial charge is 0.244 e. The summed E-state index contributed by atoms with van der Waals surface area (Å²) in [5.41, 5.74) is 1.63. The van der Waals surface area contributed by atoms with E-state index in [0.717, 1.165) is 24.9 Å². The first-order valence-electron chi connectivity index (χ1n) is 6.44. The molecule has 1 aliphatic heterocycles. The third-order valence-electron chi connectivity index (χ3n) is 3.35. The van der Waals surface area contributed by atoms with E-state index < -0.39 is 0 Å². The molecular formula is C14H19FN2O. The van der Waals surface area contributed by atoms with E-state index in [1.54, 1.807) is 11.0 Å². The Kier molecular flexibility index (Phi) is 3.97. The van der Waals surface area contributed by atoms with Crippen molar-refractivity contribution in [3.8, 4) is 0 Å². The van der Waals surface area contributed by atoms with Crippen LogP contribution in [-0.2, 0) is 4.79 Å². The molecule has 4 heteroatoms. The van der Waals surface area contributed by atoms with Gasteiger partial charge in [0.15, 0.2) is 0 Å². The number of nitrogens with one attached hydrogen (secondary N) is 1. The summed E-state index contributed by atoms with van der Waals surface area (Å²) in [5, 5.41) is 3.18. The lowest BCUT2D eigenvalue weighted by molar-refractivity contribution is -0.121. The topological polar surface area (TPSA) is 32.3 Å². The minimum atomic E-state index is -0.297. The number of rotatable bonds is 3. The molecule has 1 amide bonds.